The molecule has 0 unspecified atom stereocenters. The van der Waals surface area contributed by atoms with Crippen LogP contribution >= 0.6 is 0 Å². The molecular formula is C24H22N2O2. The van der Waals surface area contributed by atoms with Crippen molar-refractivity contribution in [1.82, 2.24) is 4.57 Å². The molecule has 4 aromatic rings. The molecule has 4 rings (SSSR count). The van der Waals surface area contributed by atoms with Crippen LogP contribution in [-0.4, -0.2) is 17.6 Å². The number of nitrogens with zero attached hydrogens (tertiary/aromatic N) is 2. The van der Waals surface area contributed by atoms with Crippen LogP contribution in [0.3, 0.4) is 0 Å². The highest BCUT2D eigenvalue weighted by Crippen LogP contribution is 2.30. The molecule has 1 aromatic heterocycles. The van der Waals surface area contributed by atoms with Crippen LogP contribution in [0.1, 0.15) is 16.1 Å². The van der Waals surface area contributed by atoms with E-state index in [9.17, 15) is 4.79 Å². The summed E-state index contributed by atoms with van der Waals surface area (Å²) >= 11 is 0. The molecule has 4 nitrogen and oxygen atoms in total. The zero-order chi connectivity index (χ0) is 19.5. The summed E-state index contributed by atoms with van der Waals surface area (Å²) in [7, 11) is 3.57. The van der Waals surface area contributed by atoms with Crippen molar-refractivity contribution in [3.05, 3.63) is 96.2 Å². The van der Waals surface area contributed by atoms with Gasteiger partial charge < -0.3 is 14.2 Å². The predicted octanol–water partition coefficient (Wildman–Crippen LogP) is 5.03. The lowest BCUT2D eigenvalue weighted by Gasteiger charge is -2.23. The molecule has 0 saturated carbocycles. The van der Waals surface area contributed by atoms with Crippen molar-refractivity contribution >= 4 is 22.5 Å². The van der Waals surface area contributed by atoms with Crippen molar-refractivity contribution in [2.75, 3.05) is 12.0 Å². The van der Waals surface area contributed by atoms with Crippen LogP contribution in [0.4, 0.5) is 5.69 Å². The maximum Gasteiger partial charge on any atom is 0.275 e. The molecule has 0 aliphatic heterocycles. The van der Waals surface area contributed by atoms with Crippen molar-refractivity contribution in [1.29, 1.82) is 0 Å². The van der Waals surface area contributed by atoms with E-state index in [0.29, 0.717) is 12.2 Å². The van der Waals surface area contributed by atoms with Crippen LogP contribution in [0, 0.1) is 0 Å². The van der Waals surface area contributed by atoms with Crippen molar-refractivity contribution in [2.45, 2.75) is 6.54 Å². The van der Waals surface area contributed by atoms with E-state index in [0.717, 1.165) is 27.9 Å². The van der Waals surface area contributed by atoms with Crippen molar-refractivity contribution < 1.29 is 9.53 Å². The van der Waals surface area contributed by atoms with Crippen molar-refractivity contribution in [3.63, 3.8) is 0 Å². The third-order valence-electron chi connectivity index (χ3n) is 4.98. The lowest BCUT2D eigenvalue weighted by molar-refractivity contribution is 0.0977. The van der Waals surface area contributed by atoms with Gasteiger partial charge in [-0.3, -0.25) is 4.79 Å². The predicted molar refractivity (Wildman–Crippen MR) is 113 cm³/mol. The van der Waals surface area contributed by atoms with Gasteiger partial charge in [-0.05, 0) is 35.9 Å². The van der Waals surface area contributed by atoms with Crippen molar-refractivity contribution in [2.24, 2.45) is 7.05 Å². The Balaban J connectivity index is 1.79. The average Bonchev–Trinajstić information content (AvgIpc) is 3.09. The number of amides is 1. The summed E-state index contributed by atoms with van der Waals surface area (Å²) in [5, 5.41) is 0.934. The molecule has 28 heavy (non-hydrogen) atoms. The van der Waals surface area contributed by atoms with Crippen LogP contribution in [0.15, 0.2) is 84.9 Å². The Labute approximate surface area is 164 Å². The van der Waals surface area contributed by atoms with E-state index in [1.807, 2.05) is 101 Å². The minimum atomic E-state index is -0.0455. The van der Waals surface area contributed by atoms with Gasteiger partial charge in [0.2, 0.25) is 0 Å². The number of benzene rings is 3. The van der Waals surface area contributed by atoms with Crippen molar-refractivity contribution in [3.8, 4) is 5.75 Å². The molecule has 1 heterocycles. The molecular weight excluding hydrogens is 348 g/mol. The molecule has 0 N–H and O–H groups in total. The fourth-order valence-corrected chi connectivity index (χ4v) is 3.51. The van der Waals surface area contributed by atoms with E-state index >= 15 is 0 Å². The molecule has 3 aromatic carbocycles. The lowest BCUT2D eigenvalue weighted by Crippen LogP contribution is -2.31. The molecule has 0 aliphatic carbocycles. The number of aromatic nitrogens is 1. The van der Waals surface area contributed by atoms with E-state index in [1.165, 1.54) is 0 Å². The van der Waals surface area contributed by atoms with Gasteiger partial charge in [0.15, 0.2) is 0 Å². The van der Waals surface area contributed by atoms with Gasteiger partial charge in [0, 0.05) is 18.1 Å². The Morgan fingerprint density at radius 1 is 0.929 bits per heavy atom. The van der Waals surface area contributed by atoms with E-state index in [2.05, 4.69) is 0 Å². The Morgan fingerprint density at radius 2 is 1.61 bits per heavy atom. The number of hydrogen-bond donors (Lipinski definition) is 0. The number of carbonyl (C=O) groups is 1. The first-order chi connectivity index (χ1) is 13.7. The molecule has 0 saturated heterocycles. The number of para-hydroxylation sites is 1. The highest BCUT2D eigenvalue weighted by Gasteiger charge is 2.22. The average molecular weight is 370 g/mol. The van der Waals surface area contributed by atoms with Crippen LogP contribution in [-0.2, 0) is 13.6 Å². The number of rotatable bonds is 5. The van der Waals surface area contributed by atoms with E-state index < -0.39 is 0 Å². The van der Waals surface area contributed by atoms with Gasteiger partial charge in [-0.15, -0.1) is 0 Å². The van der Waals surface area contributed by atoms with Crippen LogP contribution in [0.2, 0.25) is 0 Å². The highest BCUT2D eigenvalue weighted by atomic mass is 16.5. The zero-order valence-electron chi connectivity index (χ0n) is 16.0. The van der Waals surface area contributed by atoms with Crippen LogP contribution in [0.5, 0.6) is 5.75 Å². The number of ether oxygens (including phenoxy) is 1. The van der Waals surface area contributed by atoms with Crippen LogP contribution < -0.4 is 9.64 Å². The molecule has 0 fully saturated rings. The number of fused-ring (bicyclic) bond motifs is 1. The Morgan fingerprint density at radius 3 is 2.29 bits per heavy atom. The van der Waals surface area contributed by atoms with Gasteiger partial charge in [0.05, 0.1) is 19.2 Å². The quantitative estimate of drug-likeness (QED) is 0.494. The van der Waals surface area contributed by atoms with E-state index in [4.69, 9.17) is 4.74 Å². The first-order valence-electron chi connectivity index (χ1n) is 9.22. The Kier molecular flexibility index (Phi) is 4.85. The third kappa shape index (κ3) is 3.25. The lowest BCUT2D eigenvalue weighted by atomic mass is 10.1. The molecule has 1 amide bonds. The maximum atomic E-state index is 13.6. The summed E-state index contributed by atoms with van der Waals surface area (Å²) in [5.41, 5.74) is 3.54. The summed E-state index contributed by atoms with van der Waals surface area (Å²) in [6.45, 7) is 0.502. The summed E-state index contributed by atoms with van der Waals surface area (Å²) in [5.74, 6) is 0.720. The molecule has 0 radical (unpaired) electrons. The summed E-state index contributed by atoms with van der Waals surface area (Å²) in [6, 6.07) is 27.6. The molecule has 0 atom stereocenters. The minimum Gasteiger partial charge on any atom is -0.496 e. The second-order valence-corrected chi connectivity index (χ2v) is 6.69. The van der Waals surface area contributed by atoms with Gasteiger partial charge >= 0.3 is 0 Å². The molecule has 0 spiro atoms. The standard InChI is InChI=1S/C24H22N2O2/c1-25-21-14-9-15-23(28-2)20(21)16-22(25)24(27)26(19-12-7-4-8-13-19)17-18-10-5-3-6-11-18/h3-16H,17H2,1-2H3. The molecule has 0 aliphatic rings. The largest absolute Gasteiger partial charge is 0.496 e. The number of hydrogen-bond acceptors (Lipinski definition) is 2. The zero-order valence-corrected chi connectivity index (χ0v) is 16.0. The molecule has 0 bridgehead atoms. The molecule has 140 valence electrons. The fourth-order valence-electron chi connectivity index (χ4n) is 3.51. The first-order valence-corrected chi connectivity index (χ1v) is 9.22. The van der Waals surface area contributed by atoms with Crippen LogP contribution in [0.25, 0.3) is 10.9 Å². The summed E-state index contributed by atoms with van der Waals surface area (Å²) < 4.78 is 7.41. The van der Waals surface area contributed by atoms with E-state index in [1.54, 1.807) is 7.11 Å². The van der Waals surface area contributed by atoms with E-state index in [-0.39, 0.29) is 5.91 Å². The number of anilines is 1. The van der Waals surface area contributed by atoms with Gasteiger partial charge in [0.1, 0.15) is 11.4 Å². The number of aryl methyl sites for hydroxylation is 1. The summed E-state index contributed by atoms with van der Waals surface area (Å²) in [4.78, 5) is 15.4. The Bertz CT molecular complexity index is 1100. The second-order valence-electron chi connectivity index (χ2n) is 6.69. The normalized spacial score (nSPS) is 10.8. The van der Waals surface area contributed by atoms with Gasteiger partial charge in [-0.1, -0.05) is 54.6 Å². The number of methoxy groups -OCH3 is 1. The minimum absolute atomic E-state index is 0.0455. The maximum absolute atomic E-state index is 13.6. The van der Waals surface area contributed by atoms with Gasteiger partial charge in [-0.25, -0.2) is 0 Å². The first kappa shape index (κ1) is 17.9. The SMILES string of the molecule is COc1cccc2c1cc(C(=O)N(Cc1ccccc1)c1ccccc1)n2C. The monoisotopic (exact) mass is 370 g/mol. The fraction of sp³-hybridized carbons (Fsp3) is 0.125. The smallest absolute Gasteiger partial charge is 0.275 e. The third-order valence-corrected chi connectivity index (χ3v) is 4.98. The van der Waals surface area contributed by atoms with Gasteiger partial charge in [-0.2, -0.15) is 0 Å². The Hall–Kier alpha value is -3.53. The van der Waals surface area contributed by atoms with Gasteiger partial charge in [0.25, 0.3) is 5.91 Å². The summed E-state index contributed by atoms with van der Waals surface area (Å²) in [6.07, 6.45) is 0. The highest BCUT2D eigenvalue weighted by molar-refractivity contribution is 6.08. The number of carbonyl (C=O) groups excluding carboxylic acids is 1. The molecule has 4 heteroatoms. The topological polar surface area (TPSA) is 34.5 Å². The second kappa shape index (κ2) is 7.61.